The standard InChI is InChI=1S/C7H4Cl2FNOS/c8-5-3-4(1-2-6(5)10)13-11-7(9)12/h1-3H,(H,11,12). The molecule has 0 aliphatic heterocycles. The van der Waals surface area contributed by atoms with Crippen LogP contribution in [0.3, 0.4) is 0 Å². The molecule has 0 saturated heterocycles. The van der Waals surface area contributed by atoms with E-state index in [9.17, 15) is 9.18 Å². The van der Waals surface area contributed by atoms with Crippen molar-refractivity contribution in [1.29, 1.82) is 0 Å². The van der Waals surface area contributed by atoms with E-state index >= 15 is 0 Å². The Hall–Kier alpha value is -0.450. The maximum atomic E-state index is 12.6. The molecule has 70 valence electrons. The monoisotopic (exact) mass is 239 g/mol. The van der Waals surface area contributed by atoms with E-state index in [1.54, 1.807) is 0 Å². The van der Waals surface area contributed by atoms with Crippen molar-refractivity contribution in [1.82, 2.24) is 4.72 Å². The van der Waals surface area contributed by atoms with E-state index in [1.165, 1.54) is 18.2 Å². The van der Waals surface area contributed by atoms with Gasteiger partial charge in [-0.15, -0.1) is 0 Å². The second kappa shape index (κ2) is 4.69. The molecule has 13 heavy (non-hydrogen) atoms. The van der Waals surface area contributed by atoms with Gasteiger partial charge in [0.2, 0.25) is 0 Å². The molecule has 0 saturated carbocycles. The molecule has 0 heterocycles. The fourth-order valence-electron chi connectivity index (χ4n) is 0.639. The van der Waals surface area contributed by atoms with Crippen LogP contribution in [0, 0.1) is 5.82 Å². The lowest BCUT2D eigenvalue weighted by Gasteiger charge is -2.00. The van der Waals surface area contributed by atoms with Crippen molar-refractivity contribution in [2.24, 2.45) is 0 Å². The Labute approximate surface area is 88.5 Å². The quantitative estimate of drug-likeness (QED) is 0.487. The first-order chi connectivity index (χ1) is 6.09. The number of carbonyl (C=O) groups excluding carboxylic acids is 1. The predicted octanol–water partition coefficient (Wildman–Crippen LogP) is 3.43. The number of carbonyl (C=O) groups is 1. The van der Waals surface area contributed by atoms with Gasteiger partial charge in [-0.25, -0.2) is 4.39 Å². The van der Waals surface area contributed by atoms with Crippen LogP contribution in [0.25, 0.3) is 0 Å². The average Bonchev–Trinajstić information content (AvgIpc) is 2.07. The molecular weight excluding hydrogens is 236 g/mol. The van der Waals surface area contributed by atoms with E-state index in [0.29, 0.717) is 4.90 Å². The zero-order valence-electron chi connectivity index (χ0n) is 6.18. The van der Waals surface area contributed by atoms with Gasteiger partial charge in [-0.3, -0.25) is 9.52 Å². The van der Waals surface area contributed by atoms with Crippen molar-refractivity contribution >= 4 is 40.5 Å². The van der Waals surface area contributed by atoms with Gasteiger partial charge >= 0.3 is 5.37 Å². The zero-order chi connectivity index (χ0) is 9.84. The van der Waals surface area contributed by atoms with Crippen LogP contribution in [-0.4, -0.2) is 5.37 Å². The molecule has 1 aromatic carbocycles. The SMILES string of the molecule is O=C(Cl)NSc1ccc(F)c(Cl)c1. The van der Waals surface area contributed by atoms with Crippen molar-refractivity contribution < 1.29 is 9.18 Å². The van der Waals surface area contributed by atoms with Gasteiger partial charge in [-0.05, 0) is 41.7 Å². The highest BCUT2D eigenvalue weighted by Crippen LogP contribution is 2.22. The largest absolute Gasteiger partial charge is 0.323 e. The van der Waals surface area contributed by atoms with Gasteiger partial charge in [0.1, 0.15) is 5.82 Å². The molecular formula is C7H4Cl2FNOS. The molecule has 1 amide bonds. The third-order valence-electron chi connectivity index (χ3n) is 1.14. The lowest BCUT2D eigenvalue weighted by Crippen LogP contribution is -2.04. The normalized spacial score (nSPS) is 9.77. The van der Waals surface area contributed by atoms with Crippen LogP contribution in [-0.2, 0) is 0 Å². The number of rotatable bonds is 2. The fraction of sp³-hybridized carbons (Fsp3) is 0. The molecule has 1 rings (SSSR count). The van der Waals surface area contributed by atoms with E-state index in [1.807, 2.05) is 0 Å². The van der Waals surface area contributed by atoms with Gasteiger partial charge in [0, 0.05) is 4.90 Å². The number of amides is 1. The van der Waals surface area contributed by atoms with E-state index in [2.05, 4.69) is 4.72 Å². The molecule has 6 heteroatoms. The second-order valence-electron chi connectivity index (χ2n) is 2.05. The molecule has 0 aliphatic carbocycles. The van der Waals surface area contributed by atoms with Crippen molar-refractivity contribution in [3.05, 3.63) is 29.0 Å². The molecule has 1 N–H and O–H groups in total. The Kier molecular flexibility index (Phi) is 3.84. The minimum atomic E-state index is -0.689. The fourth-order valence-corrected chi connectivity index (χ4v) is 1.51. The summed E-state index contributed by atoms with van der Waals surface area (Å²) in [6.45, 7) is 0. The summed E-state index contributed by atoms with van der Waals surface area (Å²) < 4.78 is 14.9. The first-order valence-electron chi connectivity index (χ1n) is 3.17. The highest BCUT2D eigenvalue weighted by Gasteiger charge is 2.02. The van der Waals surface area contributed by atoms with E-state index in [4.69, 9.17) is 23.2 Å². The molecule has 0 atom stereocenters. The highest BCUT2D eigenvalue weighted by atomic mass is 35.5. The summed E-state index contributed by atoms with van der Waals surface area (Å²) >= 11 is 11.5. The molecule has 0 aliphatic rings. The Morgan fingerprint density at radius 3 is 2.77 bits per heavy atom. The van der Waals surface area contributed by atoms with Crippen molar-refractivity contribution in [2.75, 3.05) is 0 Å². The molecule has 0 spiro atoms. The van der Waals surface area contributed by atoms with Crippen LogP contribution in [0.4, 0.5) is 9.18 Å². The van der Waals surface area contributed by atoms with Crippen LogP contribution in [0.1, 0.15) is 0 Å². The number of hydrogen-bond acceptors (Lipinski definition) is 2. The summed E-state index contributed by atoms with van der Waals surface area (Å²) in [6, 6.07) is 4.10. The maximum Gasteiger partial charge on any atom is 0.323 e. The average molecular weight is 240 g/mol. The van der Waals surface area contributed by atoms with Crippen molar-refractivity contribution in [2.45, 2.75) is 4.90 Å². The number of nitrogens with one attached hydrogen (secondary N) is 1. The molecule has 0 bridgehead atoms. The molecule has 0 unspecified atom stereocenters. The Bertz CT molecular complexity index is 334. The second-order valence-corrected chi connectivity index (χ2v) is 3.68. The van der Waals surface area contributed by atoms with Gasteiger partial charge in [0.05, 0.1) is 5.02 Å². The van der Waals surface area contributed by atoms with Gasteiger partial charge < -0.3 is 0 Å². The van der Waals surface area contributed by atoms with Gasteiger partial charge in [0.25, 0.3) is 0 Å². The predicted molar refractivity (Wildman–Crippen MR) is 51.7 cm³/mol. The van der Waals surface area contributed by atoms with E-state index in [0.717, 1.165) is 11.9 Å². The summed E-state index contributed by atoms with van der Waals surface area (Å²) in [7, 11) is 0. The minimum absolute atomic E-state index is 0.00817. The third kappa shape index (κ3) is 3.42. The molecule has 2 nitrogen and oxygen atoms in total. The van der Waals surface area contributed by atoms with Crippen LogP contribution < -0.4 is 4.72 Å². The van der Waals surface area contributed by atoms with Crippen LogP contribution in [0.2, 0.25) is 5.02 Å². The Morgan fingerprint density at radius 1 is 1.54 bits per heavy atom. The van der Waals surface area contributed by atoms with E-state index in [-0.39, 0.29) is 5.02 Å². The van der Waals surface area contributed by atoms with Crippen LogP contribution in [0.5, 0.6) is 0 Å². The topological polar surface area (TPSA) is 29.1 Å². The summed E-state index contributed by atoms with van der Waals surface area (Å²) in [4.78, 5) is 10.9. The summed E-state index contributed by atoms with van der Waals surface area (Å²) in [5.74, 6) is -0.497. The smallest absolute Gasteiger partial charge is 0.282 e. The summed E-state index contributed by atoms with van der Waals surface area (Å²) in [6.07, 6.45) is 0. The van der Waals surface area contributed by atoms with Gasteiger partial charge in [-0.2, -0.15) is 0 Å². The number of halogens is 3. The maximum absolute atomic E-state index is 12.6. The highest BCUT2D eigenvalue weighted by molar-refractivity contribution is 7.98. The number of benzene rings is 1. The Balaban J connectivity index is 2.68. The Morgan fingerprint density at radius 2 is 2.23 bits per heavy atom. The van der Waals surface area contributed by atoms with Crippen LogP contribution in [0.15, 0.2) is 23.1 Å². The van der Waals surface area contributed by atoms with Crippen LogP contribution >= 0.6 is 35.1 Å². The van der Waals surface area contributed by atoms with Crippen molar-refractivity contribution in [3.63, 3.8) is 0 Å². The van der Waals surface area contributed by atoms with E-state index < -0.39 is 11.2 Å². The van der Waals surface area contributed by atoms with Crippen molar-refractivity contribution in [3.8, 4) is 0 Å². The number of hydrogen-bond donors (Lipinski definition) is 1. The first kappa shape index (κ1) is 10.6. The lowest BCUT2D eigenvalue weighted by molar-refractivity contribution is 0.264. The minimum Gasteiger partial charge on any atom is -0.282 e. The lowest BCUT2D eigenvalue weighted by atomic mass is 10.3. The molecule has 0 aromatic heterocycles. The summed E-state index contributed by atoms with van der Waals surface area (Å²) in [5, 5.41) is -0.681. The van der Waals surface area contributed by atoms with Gasteiger partial charge in [0.15, 0.2) is 0 Å². The molecule has 0 radical (unpaired) electrons. The first-order valence-corrected chi connectivity index (χ1v) is 4.74. The third-order valence-corrected chi connectivity index (χ3v) is 2.41. The molecule has 1 aromatic rings. The zero-order valence-corrected chi connectivity index (χ0v) is 8.51. The summed E-state index contributed by atoms with van der Waals surface area (Å²) in [5.41, 5.74) is 0. The van der Waals surface area contributed by atoms with Gasteiger partial charge in [-0.1, -0.05) is 11.6 Å². The molecule has 0 fully saturated rings.